The first kappa shape index (κ1) is 10.6. The molecule has 1 aromatic rings. The van der Waals surface area contributed by atoms with Crippen molar-refractivity contribution in [3.05, 3.63) is 29.8 Å². The smallest absolute Gasteiger partial charge is 0.175 e. The molecule has 1 aromatic carbocycles. The second-order valence-electron chi connectivity index (χ2n) is 3.62. The van der Waals surface area contributed by atoms with Crippen LogP contribution in [0.1, 0.15) is 11.7 Å². The molecule has 1 aliphatic rings. The van der Waals surface area contributed by atoms with Gasteiger partial charge in [-0.15, -0.1) is 0 Å². The molecule has 0 amide bonds. The van der Waals surface area contributed by atoms with Gasteiger partial charge in [0.2, 0.25) is 0 Å². The second kappa shape index (κ2) is 3.59. The first-order valence-electron chi connectivity index (χ1n) is 4.58. The predicted octanol–water partition coefficient (Wildman–Crippen LogP) is 0.522. The number of aliphatic hydroxyl groups is 1. The van der Waals surface area contributed by atoms with Gasteiger partial charge in [0.15, 0.2) is 9.84 Å². The van der Waals surface area contributed by atoms with E-state index in [1.54, 1.807) is 24.3 Å². The standard InChI is InChI=1S/C10H12O4S/c1-15(12,13)8-4-2-7(3-5-8)10-9(6-11)14-10/h2-5,9-11H,6H2,1H3. The lowest BCUT2D eigenvalue weighted by Gasteiger charge is -1.99. The molecule has 82 valence electrons. The molecule has 2 rings (SSSR count). The average molecular weight is 228 g/mol. The normalized spacial score (nSPS) is 25.2. The van der Waals surface area contributed by atoms with E-state index in [1.807, 2.05) is 0 Å². The molecule has 2 atom stereocenters. The van der Waals surface area contributed by atoms with Crippen LogP contribution in [0.4, 0.5) is 0 Å². The minimum atomic E-state index is -3.13. The van der Waals surface area contributed by atoms with Gasteiger partial charge < -0.3 is 9.84 Å². The number of epoxide rings is 1. The van der Waals surface area contributed by atoms with Crippen LogP contribution in [0.15, 0.2) is 29.2 Å². The van der Waals surface area contributed by atoms with Crippen molar-refractivity contribution in [2.45, 2.75) is 17.1 Å². The summed E-state index contributed by atoms with van der Waals surface area (Å²) < 4.78 is 27.5. The zero-order valence-corrected chi connectivity index (χ0v) is 9.07. The molecular formula is C10H12O4S. The zero-order chi connectivity index (χ0) is 11.1. The van der Waals surface area contributed by atoms with Crippen LogP contribution in [0, 0.1) is 0 Å². The molecule has 2 unspecified atom stereocenters. The SMILES string of the molecule is CS(=O)(=O)c1ccc(C2OC2CO)cc1. The van der Waals surface area contributed by atoms with Crippen molar-refractivity contribution in [1.29, 1.82) is 0 Å². The van der Waals surface area contributed by atoms with Gasteiger partial charge in [-0.05, 0) is 17.7 Å². The quantitative estimate of drug-likeness (QED) is 0.766. The fraction of sp³-hybridized carbons (Fsp3) is 0.400. The molecule has 0 aromatic heterocycles. The molecule has 1 saturated heterocycles. The highest BCUT2D eigenvalue weighted by molar-refractivity contribution is 7.90. The van der Waals surface area contributed by atoms with Crippen LogP contribution in [0.3, 0.4) is 0 Å². The van der Waals surface area contributed by atoms with Crippen molar-refractivity contribution < 1.29 is 18.3 Å². The molecular weight excluding hydrogens is 216 g/mol. The topological polar surface area (TPSA) is 66.9 Å². The maximum atomic E-state index is 11.2. The molecule has 0 radical (unpaired) electrons. The van der Waals surface area contributed by atoms with Crippen molar-refractivity contribution in [3.63, 3.8) is 0 Å². The highest BCUT2D eigenvalue weighted by Crippen LogP contribution is 2.38. The van der Waals surface area contributed by atoms with Gasteiger partial charge in [-0.1, -0.05) is 12.1 Å². The number of benzene rings is 1. The van der Waals surface area contributed by atoms with Crippen LogP contribution in [-0.4, -0.2) is 32.5 Å². The Morgan fingerprint density at radius 1 is 1.33 bits per heavy atom. The summed E-state index contributed by atoms with van der Waals surface area (Å²) in [6, 6.07) is 6.55. The Kier molecular flexibility index (Phi) is 2.54. The summed E-state index contributed by atoms with van der Waals surface area (Å²) >= 11 is 0. The predicted molar refractivity (Wildman–Crippen MR) is 54.3 cm³/mol. The lowest BCUT2D eigenvalue weighted by atomic mass is 10.1. The van der Waals surface area contributed by atoms with Gasteiger partial charge in [0.25, 0.3) is 0 Å². The molecule has 0 bridgehead atoms. The van der Waals surface area contributed by atoms with Crippen LogP contribution in [0.5, 0.6) is 0 Å². The third kappa shape index (κ3) is 2.19. The van der Waals surface area contributed by atoms with Gasteiger partial charge in [0.05, 0.1) is 11.5 Å². The third-order valence-corrected chi connectivity index (χ3v) is 3.53. The summed E-state index contributed by atoms with van der Waals surface area (Å²) in [5, 5.41) is 8.80. The molecule has 0 aliphatic carbocycles. The van der Waals surface area contributed by atoms with Crippen molar-refractivity contribution in [2.75, 3.05) is 12.9 Å². The van der Waals surface area contributed by atoms with Crippen molar-refractivity contribution in [2.24, 2.45) is 0 Å². The molecule has 0 saturated carbocycles. The van der Waals surface area contributed by atoms with E-state index < -0.39 is 9.84 Å². The Morgan fingerprint density at radius 2 is 1.93 bits per heavy atom. The van der Waals surface area contributed by atoms with Gasteiger partial charge >= 0.3 is 0 Å². The Labute approximate surface area is 88.4 Å². The van der Waals surface area contributed by atoms with Crippen LogP contribution in [0.2, 0.25) is 0 Å². The molecule has 4 nitrogen and oxygen atoms in total. The van der Waals surface area contributed by atoms with Gasteiger partial charge in [-0.2, -0.15) is 0 Å². The largest absolute Gasteiger partial charge is 0.394 e. The summed E-state index contributed by atoms with van der Waals surface area (Å²) in [5.41, 5.74) is 0.904. The minimum Gasteiger partial charge on any atom is -0.394 e. The Balaban J connectivity index is 2.19. The van der Waals surface area contributed by atoms with E-state index in [4.69, 9.17) is 9.84 Å². The summed E-state index contributed by atoms with van der Waals surface area (Å²) in [5.74, 6) is 0. The van der Waals surface area contributed by atoms with E-state index in [0.29, 0.717) is 4.90 Å². The van der Waals surface area contributed by atoms with E-state index in [9.17, 15) is 8.42 Å². The number of sulfone groups is 1. The second-order valence-corrected chi connectivity index (χ2v) is 5.63. The van der Waals surface area contributed by atoms with Crippen LogP contribution < -0.4 is 0 Å². The number of rotatable bonds is 3. The van der Waals surface area contributed by atoms with E-state index in [1.165, 1.54) is 6.26 Å². The van der Waals surface area contributed by atoms with Gasteiger partial charge in [-0.25, -0.2) is 8.42 Å². The van der Waals surface area contributed by atoms with E-state index >= 15 is 0 Å². The van der Waals surface area contributed by atoms with Gasteiger partial charge in [0, 0.05) is 6.26 Å². The van der Waals surface area contributed by atoms with Crippen molar-refractivity contribution in [1.82, 2.24) is 0 Å². The summed E-state index contributed by atoms with van der Waals surface area (Å²) in [7, 11) is -3.13. The molecule has 1 aliphatic heterocycles. The monoisotopic (exact) mass is 228 g/mol. The number of hydrogen-bond donors (Lipinski definition) is 1. The number of ether oxygens (including phenoxy) is 1. The summed E-state index contributed by atoms with van der Waals surface area (Å²) in [6.07, 6.45) is 0.962. The van der Waals surface area contributed by atoms with Crippen LogP contribution >= 0.6 is 0 Å². The maximum Gasteiger partial charge on any atom is 0.175 e. The molecule has 5 heteroatoms. The van der Waals surface area contributed by atoms with Gasteiger partial charge in [0.1, 0.15) is 12.2 Å². The summed E-state index contributed by atoms with van der Waals surface area (Å²) in [6.45, 7) is -0.00149. The van der Waals surface area contributed by atoms with E-state index in [0.717, 1.165) is 5.56 Å². The lowest BCUT2D eigenvalue weighted by Crippen LogP contribution is -1.98. The third-order valence-electron chi connectivity index (χ3n) is 2.40. The Hall–Kier alpha value is -0.910. The Bertz CT molecular complexity index is 449. The first-order valence-corrected chi connectivity index (χ1v) is 6.48. The highest BCUT2D eigenvalue weighted by Gasteiger charge is 2.39. The van der Waals surface area contributed by atoms with Crippen LogP contribution in [-0.2, 0) is 14.6 Å². The van der Waals surface area contributed by atoms with Crippen molar-refractivity contribution >= 4 is 9.84 Å². The maximum absolute atomic E-state index is 11.2. The van der Waals surface area contributed by atoms with E-state index in [2.05, 4.69) is 0 Å². The lowest BCUT2D eigenvalue weighted by molar-refractivity contribution is 0.242. The molecule has 1 heterocycles. The molecule has 1 N–H and O–H groups in total. The highest BCUT2D eigenvalue weighted by atomic mass is 32.2. The fourth-order valence-corrected chi connectivity index (χ4v) is 2.11. The Morgan fingerprint density at radius 3 is 2.33 bits per heavy atom. The zero-order valence-electron chi connectivity index (χ0n) is 8.25. The number of aliphatic hydroxyl groups excluding tert-OH is 1. The molecule has 1 fully saturated rings. The number of hydrogen-bond acceptors (Lipinski definition) is 4. The molecule has 0 spiro atoms. The van der Waals surface area contributed by atoms with Crippen molar-refractivity contribution in [3.8, 4) is 0 Å². The van der Waals surface area contributed by atoms with Crippen LogP contribution in [0.25, 0.3) is 0 Å². The average Bonchev–Trinajstić information content (AvgIpc) is 2.95. The van der Waals surface area contributed by atoms with Gasteiger partial charge in [-0.3, -0.25) is 0 Å². The minimum absolute atomic E-state index is 0.00149. The summed E-state index contributed by atoms with van der Waals surface area (Å²) in [4.78, 5) is 0.299. The molecule has 15 heavy (non-hydrogen) atoms. The fourth-order valence-electron chi connectivity index (χ4n) is 1.48. The van der Waals surface area contributed by atoms with E-state index in [-0.39, 0.29) is 18.8 Å². The first-order chi connectivity index (χ1) is 7.02.